The van der Waals surface area contributed by atoms with Gasteiger partial charge in [0.05, 0.1) is 11.9 Å². The maximum Gasteiger partial charge on any atom is 0.271 e. The van der Waals surface area contributed by atoms with Gasteiger partial charge in [0, 0.05) is 25.8 Å². The number of nitrogens with two attached hydrogens (primary N) is 1. The molecule has 0 saturated carbocycles. The zero-order valence-corrected chi connectivity index (χ0v) is 9.98. The number of nitrogens with one attached hydrogen (secondary N) is 1. The number of nitrogens with zero attached hydrogens (tertiary/aromatic N) is 2. The van der Waals surface area contributed by atoms with Gasteiger partial charge in [0.25, 0.3) is 5.91 Å². The molecule has 1 aliphatic rings. The molecule has 0 bridgehead atoms. The second-order valence-electron chi connectivity index (χ2n) is 4.12. The second kappa shape index (κ2) is 5.18. The highest BCUT2D eigenvalue weighted by molar-refractivity contribution is 5.97. The van der Waals surface area contributed by atoms with Crippen molar-refractivity contribution in [2.75, 3.05) is 18.9 Å². The molecule has 0 radical (unpaired) electrons. The van der Waals surface area contributed by atoms with Crippen LogP contribution in [0.2, 0.25) is 0 Å². The van der Waals surface area contributed by atoms with E-state index in [0.29, 0.717) is 31.1 Å². The summed E-state index contributed by atoms with van der Waals surface area (Å²) in [6, 6.07) is 0.177. The van der Waals surface area contributed by atoms with E-state index in [1.54, 1.807) is 4.68 Å². The van der Waals surface area contributed by atoms with E-state index in [4.69, 9.17) is 10.5 Å². The molecule has 0 aromatic carbocycles. The average Bonchev–Trinajstić information content (AvgIpc) is 2.71. The molecule has 0 spiro atoms. The number of anilines is 1. The van der Waals surface area contributed by atoms with Crippen molar-refractivity contribution >= 4 is 11.6 Å². The van der Waals surface area contributed by atoms with Crippen molar-refractivity contribution in [2.45, 2.75) is 32.4 Å². The van der Waals surface area contributed by atoms with Gasteiger partial charge < -0.3 is 15.8 Å². The van der Waals surface area contributed by atoms with Crippen LogP contribution in [0.25, 0.3) is 0 Å². The van der Waals surface area contributed by atoms with Crippen molar-refractivity contribution in [1.82, 2.24) is 15.1 Å². The number of amides is 1. The fourth-order valence-electron chi connectivity index (χ4n) is 1.98. The van der Waals surface area contributed by atoms with Gasteiger partial charge in [-0.1, -0.05) is 0 Å². The Balaban J connectivity index is 2.05. The van der Waals surface area contributed by atoms with Crippen LogP contribution in [0, 0.1) is 0 Å². The summed E-state index contributed by atoms with van der Waals surface area (Å²) in [6.45, 7) is 3.96. The molecule has 2 heterocycles. The first-order valence-corrected chi connectivity index (χ1v) is 5.92. The van der Waals surface area contributed by atoms with Crippen LogP contribution in [-0.4, -0.2) is 34.9 Å². The molecule has 1 aromatic heterocycles. The van der Waals surface area contributed by atoms with Gasteiger partial charge >= 0.3 is 0 Å². The van der Waals surface area contributed by atoms with Crippen LogP contribution in [-0.2, 0) is 11.3 Å². The lowest BCUT2D eigenvalue weighted by Gasteiger charge is -2.23. The number of aryl methyl sites for hydroxylation is 1. The standard InChI is InChI=1S/C11H18N4O2/c1-2-15-10(9(12)7-13-15)11(16)14-8-3-5-17-6-4-8/h7-8H,2-6,12H2,1H3,(H,14,16). The Kier molecular flexibility index (Phi) is 3.63. The molecule has 0 aliphatic carbocycles. The van der Waals surface area contributed by atoms with Gasteiger partial charge in [-0.3, -0.25) is 9.48 Å². The van der Waals surface area contributed by atoms with Gasteiger partial charge in [-0.25, -0.2) is 0 Å². The summed E-state index contributed by atoms with van der Waals surface area (Å²) >= 11 is 0. The van der Waals surface area contributed by atoms with Gasteiger partial charge in [-0.05, 0) is 19.8 Å². The number of rotatable bonds is 3. The largest absolute Gasteiger partial charge is 0.396 e. The second-order valence-corrected chi connectivity index (χ2v) is 4.12. The summed E-state index contributed by atoms with van der Waals surface area (Å²) in [7, 11) is 0. The molecule has 6 nitrogen and oxygen atoms in total. The highest BCUT2D eigenvalue weighted by atomic mass is 16.5. The first kappa shape index (κ1) is 11.9. The lowest BCUT2D eigenvalue weighted by Crippen LogP contribution is -2.40. The topological polar surface area (TPSA) is 82.2 Å². The van der Waals surface area contributed by atoms with Gasteiger partial charge in [0.15, 0.2) is 0 Å². The van der Waals surface area contributed by atoms with Gasteiger partial charge in [-0.15, -0.1) is 0 Å². The molecule has 6 heteroatoms. The van der Waals surface area contributed by atoms with Crippen molar-refractivity contribution < 1.29 is 9.53 Å². The van der Waals surface area contributed by atoms with Crippen LogP contribution in [0.3, 0.4) is 0 Å². The monoisotopic (exact) mass is 238 g/mol. The van der Waals surface area contributed by atoms with Crippen LogP contribution >= 0.6 is 0 Å². The number of hydrogen-bond acceptors (Lipinski definition) is 4. The third-order valence-electron chi connectivity index (χ3n) is 2.94. The maximum atomic E-state index is 12.1. The van der Waals surface area contributed by atoms with Crippen LogP contribution in [0.5, 0.6) is 0 Å². The number of aromatic nitrogens is 2. The smallest absolute Gasteiger partial charge is 0.271 e. The minimum atomic E-state index is -0.145. The van der Waals surface area contributed by atoms with Crippen LogP contribution in [0.15, 0.2) is 6.20 Å². The van der Waals surface area contributed by atoms with Gasteiger partial charge in [0.1, 0.15) is 5.69 Å². The predicted molar refractivity (Wildman–Crippen MR) is 63.6 cm³/mol. The SMILES string of the molecule is CCn1ncc(N)c1C(=O)NC1CCOCC1. The molecule has 1 amide bonds. The summed E-state index contributed by atoms with van der Waals surface area (Å²) in [5, 5.41) is 7.03. The highest BCUT2D eigenvalue weighted by Gasteiger charge is 2.21. The summed E-state index contributed by atoms with van der Waals surface area (Å²) < 4.78 is 6.86. The first-order chi connectivity index (χ1) is 8.22. The summed E-state index contributed by atoms with van der Waals surface area (Å²) in [5.74, 6) is -0.145. The number of ether oxygens (including phenoxy) is 1. The highest BCUT2D eigenvalue weighted by Crippen LogP contribution is 2.13. The third kappa shape index (κ3) is 2.58. The van der Waals surface area contributed by atoms with E-state index in [1.807, 2.05) is 6.92 Å². The minimum Gasteiger partial charge on any atom is -0.396 e. The van der Waals surface area contributed by atoms with Gasteiger partial charge in [0.2, 0.25) is 0 Å². The molecule has 3 N–H and O–H groups in total. The van der Waals surface area contributed by atoms with Crippen molar-refractivity contribution in [3.8, 4) is 0 Å². The van der Waals surface area contributed by atoms with Crippen molar-refractivity contribution in [3.63, 3.8) is 0 Å². The number of carbonyl (C=O) groups is 1. The first-order valence-electron chi connectivity index (χ1n) is 5.92. The zero-order chi connectivity index (χ0) is 12.3. The van der Waals surface area contributed by atoms with Crippen molar-refractivity contribution in [2.24, 2.45) is 0 Å². The minimum absolute atomic E-state index is 0.145. The molecule has 2 rings (SSSR count). The molecule has 1 aromatic rings. The molecule has 1 saturated heterocycles. The third-order valence-corrected chi connectivity index (χ3v) is 2.94. The molecule has 17 heavy (non-hydrogen) atoms. The summed E-state index contributed by atoms with van der Waals surface area (Å²) in [6.07, 6.45) is 3.22. The Morgan fingerprint density at radius 1 is 1.65 bits per heavy atom. The lowest BCUT2D eigenvalue weighted by atomic mass is 10.1. The molecular formula is C11H18N4O2. The summed E-state index contributed by atoms with van der Waals surface area (Å²) in [5.41, 5.74) is 6.64. The summed E-state index contributed by atoms with van der Waals surface area (Å²) in [4.78, 5) is 12.1. The van der Waals surface area contributed by atoms with Crippen molar-refractivity contribution in [3.05, 3.63) is 11.9 Å². The predicted octanol–water partition coefficient (Wildman–Crippen LogP) is 0.394. The van der Waals surface area contributed by atoms with E-state index >= 15 is 0 Å². The van der Waals surface area contributed by atoms with E-state index in [9.17, 15) is 4.79 Å². The van der Waals surface area contributed by atoms with Crippen LogP contribution in [0.4, 0.5) is 5.69 Å². The van der Waals surface area contributed by atoms with E-state index in [1.165, 1.54) is 6.20 Å². The fourth-order valence-corrected chi connectivity index (χ4v) is 1.98. The zero-order valence-electron chi connectivity index (χ0n) is 9.98. The molecule has 0 unspecified atom stereocenters. The molecule has 1 fully saturated rings. The normalized spacial score (nSPS) is 17.0. The number of nitrogen functional groups attached to an aromatic ring is 1. The molecular weight excluding hydrogens is 220 g/mol. The quantitative estimate of drug-likeness (QED) is 0.798. The van der Waals surface area contributed by atoms with Gasteiger partial charge in [-0.2, -0.15) is 5.10 Å². The Bertz CT molecular complexity index is 396. The van der Waals surface area contributed by atoms with Crippen molar-refractivity contribution in [1.29, 1.82) is 0 Å². The Hall–Kier alpha value is -1.56. The Morgan fingerprint density at radius 3 is 3.00 bits per heavy atom. The maximum absolute atomic E-state index is 12.1. The van der Waals surface area contributed by atoms with E-state index < -0.39 is 0 Å². The Labute approximate surface area is 100 Å². The average molecular weight is 238 g/mol. The number of carbonyl (C=O) groups excluding carboxylic acids is 1. The van der Waals surface area contributed by atoms with E-state index in [2.05, 4.69) is 10.4 Å². The number of hydrogen-bond donors (Lipinski definition) is 2. The fraction of sp³-hybridized carbons (Fsp3) is 0.636. The lowest BCUT2D eigenvalue weighted by molar-refractivity contribution is 0.0692. The molecule has 1 aliphatic heterocycles. The molecule has 94 valence electrons. The van der Waals surface area contributed by atoms with E-state index in [-0.39, 0.29) is 11.9 Å². The van der Waals surface area contributed by atoms with Crippen LogP contribution in [0.1, 0.15) is 30.3 Å². The van der Waals surface area contributed by atoms with E-state index in [0.717, 1.165) is 12.8 Å². The molecule has 0 atom stereocenters. The van der Waals surface area contributed by atoms with Crippen LogP contribution < -0.4 is 11.1 Å². The Morgan fingerprint density at radius 2 is 2.35 bits per heavy atom.